The highest BCUT2D eigenvalue weighted by Crippen LogP contribution is 2.35. The number of hydrogen-bond donors (Lipinski definition) is 2. The van der Waals surface area contributed by atoms with Crippen LogP contribution in [0.4, 0.5) is 30.4 Å². The number of halogens is 4. The zero-order valence-electron chi connectivity index (χ0n) is 20.7. The summed E-state index contributed by atoms with van der Waals surface area (Å²) in [5.74, 6) is -1.42. The van der Waals surface area contributed by atoms with Crippen LogP contribution in [0.2, 0.25) is 5.02 Å². The van der Waals surface area contributed by atoms with Crippen molar-refractivity contribution in [3.63, 3.8) is 0 Å². The minimum absolute atomic E-state index is 0.00532. The molecule has 5 nitrogen and oxygen atoms in total. The first-order valence-corrected chi connectivity index (χ1v) is 12.2. The molecule has 0 saturated carbocycles. The zero-order valence-corrected chi connectivity index (χ0v) is 21.5. The molecule has 3 aromatic rings. The van der Waals surface area contributed by atoms with Crippen LogP contribution < -0.4 is 15.5 Å². The van der Waals surface area contributed by atoms with Crippen LogP contribution in [0.5, 0.6) is 0 Å². The molecule has 190 valence electrons. The topological polar surface area (TPSA) is 64.0 Å². The molecule has 0 aliphatic carbocycles. The van der Waals surface area contributed by atoms with Crippen LogP contribution in [0.25, 0.3) is 0 Å². The molecule has 0 bridgehead atoms. The Morgan fingerprint density at radius 3 is 2.47 bits per heavy atom. The van der Waals surface area contributed by atoms with E-state index >= 15 is 4.39 Å². The van der Waals surface area contributed by atoms with Crippen LogP contribution in [0, 0.1) is 42.6 Å². The highest BCUT2D eigenvalue weighted by atomic mass is 35.5. The third kappa shape index (κ3) is 5.75. The van der Waals surface area contributed by atoms with Gasteiger partial charge in [-0.1, -0.05) is 37.6 Å². The molecular weight excluding hydrogens is 487 g/mol. The molecule has 2 aromatic carbocycles. The molecule has 4 rings (SSSR count). The van der Waals surface area contributed by atoms with Gasteiger partial charge in [-0.05, 0) is 49.1 Å². The second-order valence-corrected chi connectivity index (χ2v) is 8.66. The highest BCUT2D eigenvalue weighted by Gasteiger charge is 2.23. The summed E-state index contributed by atoms with van der Waals surface area (Å²) in [6.07, 6.45) is 1.78. The summed E-state index contributed by atoms with van der Waals surface area (Å²) in [5.41, 5.74) is 2.15. The summed E-state index contributed by atoms with van der Waals surface area (Å²) in [7, 11) is 0. The molecule has 36 heavy (non-hydrogen) atoms. The van der Waals surface area contributed by atoms with Gasteiger partial charge in [0.25, 0.3) is 0 Å². The average molecular weight is 516 g/mol. The SMILES string of the molecule is CC.Cc1c(N(CCc2cccc(Cl)c2F)c2cc(F)c(C#N)cc2F)cnc(NC2CNC2)c1C. The van der Waals surface area contributed by atoms with Gasteiger partial charge in [0.05, 0.1) is 34.2 Å². The molecule has 0 unspecified atom stereocenters. The first-order valence-electron chi connectivity index (χ1n) is 11.8. The van der Waals surface area contributed by atoms with Crippen molar-refractivity contribution >= 4 is 28.8 Å². The molecule has 0 atom stereocenters. The predicted octanol–water partition coefficient (Wildman–Crippen LogP) is 6.43. The molecule has 0 amide bonds. The van der Waals surface area contributed by atoms with Gasteiger partial charge >= 0.3 is 0 Å². The summed E-state index contributed by atoms with van der Waals surface area (Å²) in [6.45, 7) is 9.59. The quantitative estimate of drug-likeness (QED) is 0.379. The number of anilines is 3. The van der Waals surface area contributed by atoms with E-state index in [2.05, 4.69) is 15.6 Å². The zero-order chi connectivity index (χ0) is 26.4. The second-order valence-electron chi connectivity index (χ2n) is 8.25. The summed E-state index contributed by atoms with van der Waals surface area (Å²) >= 11 is 5.91. The lowest BCUT2D eigenvalue weighted by Crippen LogP contribution is -2.51. The maximum Gasteiger partial charge on any atom is 0.148 e. The largest absolute Gasteiger partial charge is 0.365 e. The smallest absolute Gasteiger partial charge is 0.148 e. The molecule has 1 aliphatic heterocycles. The van der Waals surface area contributed by atoms with Crippen molar-refractivity contribution in [2.24, 2.45) is 0 Å². The number of benzene rings is 2. The van der Waals surface area contributed by atoms with Gasteiger partial charge in [0.1, 0.15) is 29.3 Å². The second kappa shape index (κ2) is 12.1. The number of rotatable bonds is 7. The maximum absolute atomic E-state index is 15.1. The van der Waals surface area contributed by atoms with Gasteiger partial charge in [-0.15, -0.1) is 0 Å². The Morgan fingerprint density at radius 2 is 1.83 bits per heavy atom. The van der Waals surface area contributed by atoms with Gasteiger partial charge in [0, 0.05) is 25.7 Å². The molecule has 2 N–H and O–H groups in total. The number of nitrogens with zero attached hydrogens (tertiary/aromatic N) is 3. The number of pyridine rings is 1. The Morgan fingerprint density at radius 1 is 1.11 bits per heavy atom. The van der Waals surface area contributed by atoms with Crippen LogP contribution >= 0.6 is 11.6 Å². The fourth-order valence-corrected chi connectivity index (χ4v) is 4.06. The molecule has 1 fully saturated rings. The van der Waals surface area contributed by atoms with Gasteiger partial charge in [-0.2, -0.15) is 5.26 Å². The minimum atomic E-state index is -0.837. The van der Waals surface area contributed by atoms with Crippen molar-refractivity contribution in [2.45, 2.75) is 40.2 Å². The van der Waals surface area contributed by atoms with E-state index in [1.54, 1.807) is 29.3 Å². The monoisotopic (exact) mass is 515 g/mol. The first-order chi connectivity index (χ1) is 17.3. The van der Waals surface area contributed by atoms with Gasteiger partial charge in [-0.3, -0.25) is 0 Å². The van der Waals surface area contributed by atoms with E-state index in [1.807, 2.05) is 27.7 Å². The lowest BCUT2D eigenvalue weighted by Gasteiger charge is -2.31. The maximum atomic E-state index is 15.1. The average Bonchev–Trinajstić information content (AvgIpc) is 2.85. The minimum Gasteiger partial charge on any atom is -0.365 e. The fourth-order valence-electron chi connectivity index (χ4n) is 3.86. The fraction of sp³-hybridized carbons (Fsp3) is 0.333. The van der Waals surface area contributed by atoms with E-state index in [4.69, 9.17) is 16.9 Å². The van der Waals surface area contributed by atoms with Crippen LogP contribution in [0.1, 0.15) is 36.1 Å². The molecule has 0 radical (unpaired) electrons. The molecule has 9 heteroatoms. The van der Waals surface area contributed by atoms with E-state index < -0.39 is 17.5 Å². The van der Waals surface area contributed by atoms with Gasteiger partial charge in [-0.25, -0.2) is 18.2 Å². The van der Waals surface area contributed by atoms with Crippen molar-refractivity contribution in [2.75, 3.05) is 29.9 Å². The number of hydrogen-bond acceptors (Lipinski definition) is 5. The van der Waals surface area contributed by atoms with Crippen LogP contribution in [0.3, 0.4) is 0 Å². The summed E-state index contributed by atoms with van der Waals surface area (Å²) < 4.78 is 44.1. The molecule has 2 heterocycles. The van der Waals surface area contributed by atoms with Crippen molar-refractivity contribution < 1.29 is 13.2 Å². The molecule has 0 spiro atoms. The van der Waals surface area contributed by atoms with E-state index in [1.165, 1.54) is 6.07 Å². The van der Waals surface area contributed by atoms with E-state index in [9.17, 15) is 8.78 Å². The normalized spacial score (nSPS) is 12.8. The van der Waals surface area contributed by atoms with Gasteiger partial charge < -0.3 is 15.5 Å². The molecule has 1 aliphatic rings. The van der Waals surface area contributed by atoms with E-state index in [0.717, 1.165) is 42.2 Å². The van der Waals surface area contributed by atoms with E-state index in [-0.39, 0.29) is 35.3 Å². The standard InChI is InChI=1S/C25H23ClF3N5.C2H6/c1-14-15(2)25(33-18-11-31-12-18)32-13-23(14)34(7-6-16-4-3-5-19(26)24(16)29)22-9-20(27)17(10-30)8-21(22)28;1-2/h3-5,8-9,13,18,31H,6-7,11-12H2,1-2H3,(H,32,33);1-2H3. The Bertz CT molecular complexity index is 1270. The van der Waals surface area contributed by atoms with Crippen molar-refractivity contribution in [3.8, 4) is 6.07 Å². The molecule has 1 saturated heterocycles. The predicted molar refractivity (Wildman–Crippen MR) is 139 cm³/mol. The van der Waals surface area contributed by atoms with Crippen LogP contribution in [0.15, 0.2) is 36.5 Å². The number of nitrogens with one attached hydrogen (secondary N) is 2. The summed E-state index contributed by atoms with van der Waals surface area (Å²) in [6, 6.07) is 8.48. The third-order valence-electron chi connectivity index (χ3n) is 6.12. The van der Waals surface area contributed by atoms with Gasteiger partial charge in [0.15, 0.2) is 0 Å². The Balaban J connectivity index is 0.00000176. The van der Waals surface area contributed by atoms with Crippen LogP contribution in [-0.2, 0) is 6.42 Å². The Labute approximate surface area is 214 Å². The molecular formula is C27H29ClF3N5. The number of aromatic nitrogens is 1. The summed E-state index contributed by atoms with van der Waals surface area (Å²) in [4.78, 5) is 6.09. The van der Waals surface area contributed by atoms with Crippen molar-refractivity contribution in [1.82, 2.24) is 10.3 Å². The van der Waals surface area contributed by atoms with Gasteiger partial charge in [0.2, 0.25) is 0 Å². The third-order valence-corrected chi connectivity index (χ3v) is 6.41. The van der Waals surface area contributed by atoms with Crippen molar-refractivity contribution in [3.05, 3.63) is 81.3 Å². The Hall–Kier alpha value is -3.28. The van der Waals surface area contributed by atoms with E-state index in [0.29, 0.717) is 11.3 Å². The lowest BCUT2D eigenvalue weighted by atomic mass is 10.1. The highest BCUT2D eigenvalue weighted by molar-refractivity contribution is 6.30. The van der Waals surface area contributed by atoms with Crippen molar-refractivity contribution in [1.29, 1.82) is 5.26 Å². The Kier molecular flexibility index (Phi) is 9.19. The summed E-state index contributed by atoms with van der Waals surface area (Å²) in [5, 5.41) is 15.6. The number of nitriles is 1. The molecule has 1 aromatic heterocycles. The lowest BCUT2D eigenvalue weighted by molar-refractivity contribution is 0.471. The first kappa shape index (κ1) is 27.3. The van der Waals surface area contributed by atoms with Crippen LogP contribution in [-0.4, -0.2) is 30.7 Å².